The Hall–Kier alpha value is -1.56. The van der Waals surface area contributed by atoms with Crippen LogP contribution in [0, 0.1) is 0 Å². The van der Waals surface area contributed by atoms with Gasteiger partial charge in [-0.15, -0.1) is 11.3 Å². The smallest absolute Gasteiger partial charge is 0.241 e. The van der Waals surface area contributed by atoms with E-state index >= 15 is 0 Å². The number of thiophene rings is 1. The lowest BCUT2D eigenvalue weighted by atomic mass is 10.2. The first-order valence-corrected chi connectivity index (χ1v) is 7.76. The molecule has 0 saturated heterocycles. The van der Waals surface area contributed by atoms with Crippen LogP contribution >= 0.6 is 22.9 Å². The molecule has 21 heavy (non-hydrogen) atoms. The van der Waals surface area contributed by atoms with Crippen LogP contribution in [-0.4, -0.2) is 23.9 Å². The molecule has 1 atom stereocenters. The van der Waals surface area contributed by atoms with E-state index in [9.17, 15) is 4.79 Å². The molecule has 2 aromatic rings. The van der Waals surface area contributed by atoms with Crippen molar-refractivity contribution in [1.29, 1.82) is 0 Å². The van der Waals surface area contributed by atoms with Crippen molar-refractivity contribution in [2.75, 3.05) is 18.1 Å². The van der Waals surface area contributed by atoms with Crippen molar-refractivity contribution in [3.8, 4) is 0 Å². The Morgan fingerprint density at radius 3 is 2.81 bits per heavy atom. The first-order valence-electron chi connectivity index (χ1n) is 6.56. The van der Waals surface area contributed by atoms with Crippen molar-refractivity contribution in [1.82, 2.24) is 4.90 Å². The highest BCUT2D eigenvalue weighted by Gasteiger charge is 2.18. The molecule has 6 heteroatoms. The molecule has 1 aromatic carbocycles. The molecule has 0 radical (unpaired) electrons. The number of hydrogen-bond acceptors (Lipinski definition) is 4. The third-order valence-corrected chi connectivity index (χ3v) is 4.44. The topological polar surface area (TPSA) is 58.4 Å². The van der Waals surface area contributed by atoms with Gasteiger partial charge in [0.2, 0.25) is 5.91 Å². The average molecular weight is 324 g/mol. The number of amides is 1. The van der Waals surface area contributed by atoms with Crippen molar-refractivity contribution in [3.63, 3.8) is 0 Å². The van der Waals surface area contributed by atoms with E-state index in [1.54, 1.807) is 12.1 Å². The van der Waals surface area contributed by atoms with E-state index in [4.69, 9.17) is 17.3 Å². The highest BCUT2D eigenvalue weighted by Crippen LogP contribution is 2.23. The van der Waals surface area contributed by atoms with E-state index in [0.29, 0.717) is 17.9 Å². The number of halogens is 1. The number of benzene rings is 1. The fourth-order valence-electron chi connectivity index (χ4n) is 1.88. The third kappa shape index (κ3) is 4.46. The van der Waals surface area contributed by atoms with Gasteiger partial charge >= 0.3 is 0 Å². The Labute approximate surface area is 133 Å². The Kier molecular flexibility index (Phi) is 5.22. The lowest BCUT2D eigenvalue weighted by Crippen LogP contribution is -2.39. The minimum absolute atomic E-state index is 0.0641. The van der Waals surface area contributed by atoms with Gasteiger partial charge in [0.25, 0.3) is 0 Å². The summed E-state index contributed by atoms with van der Waals surface area (Å²) in [5.41, 5.74) is 7.04. The molecular weight excluding hydrogens is 306 g/mol. The van der Waals surface area contributed by atoms with Gasteiger partial charge in [0.1, 0.15) is 0 Å². The van der Waals surface area contributed by atoms with E-state index in [1.807, 2.05) is 43.1 Å². The van der Waals surface area contributed by atoms with Crippen molar-refractivity contribution in [3.05, 3.63) is 45.6 Å². The van der Waals surface area contributed by atoms with Gasteiger partial charge in [0.05, 0.1) is 10.4 Å². The molecule has 2 rings (SSSR count). The van der Waals surface area contributed by atoms with Crippen LogP contribution in [0.15, 0.2) is 36.4 Å². The minimum atomic E-state index is -0.257. The van der Waals surface area contributed by atoms with Gasteiger partial charge < -0.3 is 11.1 Å². The van der Waals surface area contributed by atoms with Crippen molar-refractivity contribution < 1.29 is 4.79 Å². The highest BCUT2D eigenvalue weighted by molar-refractivity contribution is 7.16. The Bertz CT molecular complexity index is 629. The van der Waals surface area contributed by atoms with E-state index in [0.717, 1.165) is 9.21 Å². The zero-order valence-electron chi connectivity index (χ0n) is 12.0. The minimum Gasteiger partial charge on any atom is -0.399 e. The molecule has 0 aliphatic heterocycles. The molecule has 0 spiro atoms. The molecule has 1 aromatic heterocycles. The fraction of sp³-hybridized carbons (Fsp3) is 0.267. The number of nitrogens with zero attached hydrogens (tertiary/aromatic N) is 1. The molecule has 0 saturated carbocycles. The van der Waals surface area contributed by atoms with Crippen LogP contribution < -0.4 is 11.1 Å². The second kappa shape index (κ2) is 6.93. The average Bonchev–Trinajstić information content (AvgIpc) is 2.83. The molecule has 112 valence electrons. The van der Waals surface area contributed by atoms with E-state index in [1.165, 1.54) is 11.3 Å². The van der Waals surface area contributed by atoms with Crippen LogP contribution in [0.5, 0.6) is 0 Å². The lowest BCUT2D eigenvalue weighted by Gasteiger charge is -2.23. The second-order valence-corrected chi connectivity index (χ2v) is 6.71. The number of rotatable bonds is 5. The summed E-state index contributed by atoms with van der Waals surface area (Å²) in [5, 5.41) is 2.87. The molecule has 3 N–H and O–H groups in total. The van der Waals surface area contributed by atoms with Gasteiger partial charge in [-0.2, -0.15) is 0 Å². The quantitative estimate of drug-likeness (QED) is 0.829. The lowest BCUT2D eigenvalue weighted by molar-refractivity contribution is -0.120. The van der Waals surface area contributed by atoms with Crippen LogP contribution in [0.2, 0.25) is 4.34 Å². The van der Waals surface area contributed by atoms with Crippen molar-refractivity contribution in [2.45, 2.75) is 19.5 Å². The largest absolute Gasteiger partial charge is 0.399 e. The van der Waals surface area contributed by atoms with Crippen LogP contribution in [0.25, 0.3) is 0 Å². The molecule has 1 amide bonds. The number of nitrogens with one attached hydrogen (secondary N) is 1. The van der Waals surface area contributed by atoms with Crippen molar-refractivity contribution >= 4 is 40.2 Å². The summed E-state index contributed by atoms with van der Waals surface area (Å²) in [4.78, 5) is 15.4. The first-order chi connectivity index (χ1) is 9.95. The maximum absolute atomic E-state index is 12.2. The SMILES string of the molecule is CC(C(=O)Nc1cccc(N)c1)N(C)Cc1ccc(Cl)s1. The summed E-state index contributed by atoms with van der Waals surface area (Å²) in [6, 6.07) is 10.7. The van der Waals surface area contributed by atoms with Crippen molar-refractivity contribution in [2.24, 2.45) is 0 Å². The monoisotopic (exact) mass is 323 g/mol. The van der Waals surface area contributed by atoms with Crippen LogP contribution in [0.3, 0.4) is 0 Å². The number of nitrogens with two attached hydrogens (primary N) is 1. The number of hydrogen-bond donors (Lipinski definition) is 2. The maximum atomic E-state index is 12.2. The molecule has 4 nitrogen and oxygen atoms in total. The Morgan fingerprint density at radius 2 is 2.19 bits per heavy atom. The van der Waals surface area contributed by atoms with E-state index in [-0.39, 0.29) is 11.9 Å². The molecule has 0 fully saturated rings. The number of carbonyl (C=O) groups excluding carboxylic acids is 1. The first kappa shape index (κ1) is 15.8. The number of anilines is 2. The summed E-state index contributed by atoms with van der Waals surface area (Å²) >= 11 is 7.44. The summed E-state index contributed by atoms with van der Waals surface area (Å²) < 4.78 is 0.760. The third-order valence-electron chi connectivity index (χ3n) is 3.23. The van der Waals surface area contributed by atoms with Crippen LogP contribution in [0.4, 0.5) is 11.4 Å². The zero-order valence-corrected chi connectivity index (χ0v) is 13.5. The second-order valence-electron chi connectivity index (χ2n) is 4.91. The maximum Gasteiger partial charge on any atom is 0.241 e. The number of nitrogen functional groups attached to an aromatic ring is 1. The van der Waals surface area contributed by atoms with Crippen LogP contribution in [-0.2, 0) is 11.3 Å². The van der Waals surface area contributed by atoms with Gasteiger partial charge in [-0.3, -0.25) is 9.69 Å². The molecule has 0 aliphatic rings. The van der Waals surface area contributed by atoms with E-state index < -0.39 is 0 Å². The molecule has 0 aliphatic carbocycles. The molecule has 0 bridgehead atoms. The predicted octanol–water partition coefficient (Wildman–Crippen LogP) is 3.44. The van der Waals surface area contributed by atoms with E-state index in [2.05, 4.69) is 5.32 Å². The highest BCUT2D eigenvalue weighted by atomic mass is 35.5. The fourth-order valence-corrected chi connectivity index (χ4v) is 3.03. The summed E-state index contributed by atoms with van der Waals surface area (Å²) in [6.07, 6.45) is 0. The zero-order chi connectivity index (χ0) is 15.4. The normalized spacial score (nSPS) is 12.4. The van der Waals surface area contributed by atoms with Crippen LogP contribution in [0.1, 0.15) is 11.8 Å². The van der Waals surface area contributed by atoms with Gasteiger partial charge in [0, 0.05) is 22.8 Å². The van der Waals surface area contributed by atoms with Gasteiger partial charge in [-0.1, -0.05) is 17.7 Å². The number of likely N-dealkylation sites (N-methyl/N-ethyl adjacent to an activating group) is 1. The Morgan fingerprint density at radius 1 is 1.43 bits per heavy atom. The summed E-state index contributed by atoms with van der Waals surface area (Å²) in [5.74, 6) is -0.0641. The Balaban J connectivity index is 1.95. The van der Waals surface area contributed by atoms with Gasteiger partial charge in [-0.25, -0.2) is 0 Å². The number of carbonyl (C=O) groups is 1. The summed E-state index contributed by atoms with van der Waals surface area (Å²) in [7, 11) is 1.91. The molecule has 1 unspecified atom stereocenters. The summed E-state index contributed by atoms with van der Waals surface area (Å²) in [6.45, 7) is 2.56. The molecular formula is C15H18ClN3OS. The molecule has 1 heterocycles. The standard InChI is InChI=1S/C15H18ClN3OS/c1-10(19(2)9-13-6-7-14(16)21-13)15(20)18-12-5-3-4-11(17)8-12/h3-8,10H,9,17H2,1-2H3,(H,18,20). The predicted molar refractivity (Wildman–Crippen MR) is 89.7 cm³/mol. The van der Waals surface area contributed by atoms with Gasteiger partial charge in [-0.05, 0) is 44.3 Å². The van der Waals surface area contributed by atoms with Gasteiger partial charge in [0.15, 0.2) is 0 Å².